The maximum absolute atomic E-state index is 5.45. The van der Waals surface area contributed by atoms with Crippen molar-refractivity contribution in [3.8, 4) is 5.75 Å². The topological polar surface area (TPSA) is 21.3 Å². The summed E-state index contributed by atoms with van der Waals surface area (Å²) in [5.41, 5.74) is 4.20. The largest absolute Gasteiger partial charge is 0.496 e. The van der Waals surface area contributed by atoms with E-state index < -0.39 is 0 Å². The van der Waals surface area contributed by atoms with Crippen LogP contribution in [0.15, 0.2) is 12.1 Å². The van der Waals surface area contributed by atoms with E-state index in [0.29, 0.717) is 5.92 Å². The van der Waals surface area contributed by atoms with Crippen LogP contribution in [0.3, 0.4) is 0 Å². The molecule has 0 radical (unpaired) electrons. The lowest BCUT2D eigenvalue weighted by atomic mass is 9.93. The van der Waals surface area contributed by atoms with Crippen molar-refractivity contribution >= 4 is 0 Å². The Balaban J connectivity index is 0.000000686. The number of hydrogen-bond donors (Lipinski definition) is 1. The van der Waals surface area contributed by atoms with Gasteiger partial charge in [0, 0.05) is 6.54 Å². The highest BCUT2D eigenvalue weighted by Crippen LogP contribution is 2.30. The molecule has 0 saturated carbocycles. The van der Waals surface area contributed by atoms with Crippen LogP contribution < -0.4 is 10.1 Å². The molecule has 0 spiro atoms. The third-order valence-corrected chi connectivity index (χ3v) is 3.06. The molecule has 0 aliphatic carbocycles. The predicted molar refractivity (Wildman–Crippen MR) is 73.8 cm³/mol. The molecule has 1 aliphatic heterocycles. The van der Waals surface area contributed by atoms with Gasteiger partial charge in [-0.25, -0.2) is 0 Å². The van der Waals surface area contributed by atoms with E-state index in [1.165, 1.54) is 16.7 Å². The van der Waals surface area contributed by atoms with Gasteiger partial charge in [0.1, 0.15) is 5.75 Å². The maximum Gasteiger partial charge on any atom is 0.122 e. The number of benzene rings is 1. The van der Waals surface area contributed by atoms with Gasteiger partial charge < -0.3 is 10.1 Å². The number of hydrogen-bond acceptors (Lipinski definition) is 2. The summed E-state index contributed by atoms with van der Waals surface area (Å²) in [5, 5.41) is 3.40. The van der Waals surface area contributed by atoms with E-state index >= 15 is 0 Å². The molecule has 1 aliphatic rings. The monoisotopic (exact) mass is 235 g/mol. The molecule has 0 unspecified atom stereocenters. The Labute approximate surface area is 105 Å². The lowest BCUT2D eigenvalue weighted by Crippen LogP contribution is -2.23. The van der Waals surface area contributed by atoms with Crippen LogP contribution in [-0.2, 0) is 13.0 Å². The van der Waals surface area contributed by atoms with Gasteiger partial charge in [-0.3, -0.25) is 0 Å². The van der Waals surface area contributed by atoms with Crippen LogP contribution in [0.4, 0.5) is 0 Å². The summed E-state index contributed by atoms with van der Waals surface area (Å²) in [6, 6.07) is 4.51. The zero-order chi connectivity index (χ0) is 12.8. The number of ether oxygens (including phenoxy) is 1. The first-order chi connectivity index (χ1) is 8.22. The zero-order valence-electron chi connectivity index (χ0n) is 11.8. The minimum Gasteiger partial charge on any atom is -0.496 e. The molecular formula is C15H25NO. The van der Waals surface area contributed by atoms with Crippen molar-refractivity contribution in [1.82, 2.24) is 5.32 Å². The number of methoxy groups -OCH3 is 1. The third kappa shape index (κ3) is 3.22. The van der Waals surface area contributed by atoms with Crippen LogP contribution in [0, 0.1) is 0 Å². The minimum absolute atomic E-state index is 0.521. The molecular weight excluding hydrogens is 210 g/mol. The van der Waals surface area contributed by atoms with Crippen molar-refractivity contribution in [2.75, 3.05) is 13.7 Å². The number of nitrogens with one attached hydrogen (secondary N) is 1. The average molecular weight is 235 g/mol. The molecule has 1 heterocycles. The summed E-state index contributed by atoms with van der Waals surface area (Å²) < 4.78 is 5.45. The highest BCUT2D eigenvalue weighted by atomic mass is 16.5. The van der Waals surface area contributed by atoms with Gasteiger partial charge in [0.05, 0.1) is 7.11 Å². The lowest BCUT2D eigenvalue weighted by molar-refractivity contribution is 0.406. The first kappa shape index (κ1) is 14.0. The van der Waals surface area contributed by atoms with Crippen LogP contribution in [0.5, 0.6) is 5.75 Å². The summed E-state index contributed by atoms with van der Waals surface area (Å²) >= 11 is 0. The summed E-state index contributed by atoms with van der Waals surface area (Å²) in [4.78, 5) is 0. The van der Waals surface area contributed by atoms with Gasteiger partial charge in [0.25, 0.3) is 0 Å². The van der Waals surface area contributed by atoms with Gasteiger partial charge in [-0.05, 0) is 41.6 Å². The summed E-state index contributed by atoms with van der Waals surface area (Å²) in [7, 11) is 1.76. The standard InChI is InChI=1S/C13H19NO.C2H6/c1-9(2)12-6-11-8-14-5-4-10(11)7-13(12)15-3;1-2/h6-7,9,14H,4-5,8H2,1-3H3;1-2H3. The summed E-state index contributed by atoms with van der Waals surface area (Å²) in [6.07, 6.45) is 1.12. The molecule has 2 nitrogen and oxygen atoms in total. The van der Waals surface area contributed by atoms with Crippen LogP contribution >= 0.6 is 0 Å². The molecule has 0 aromatic heterocycles. The van der Waals surface area contributed by atoms with Crippen molar-refractivity contribution in [2.45, 2.75) is 46.6 Å². The van der Waals surface area contributed by atoms with Crippen molar-refractivity contribution in [1.29, 1.82) is 0 Å². The lowest BCUT2D eigenvalue weighted by Gasteiger charge is -2.21. The Kier molecular flexibility index (Phi) is 5.49. The Hall–Kier alpha value is -1.02. The molecule has 0 atom stereocenters. The predicted octanol–water partition coefficient (Wildman–Crippen LogP) is 3.49. The van der Waals surface area contributed by atoms with Crippen LogP contribution in [-0.4, -0.2) is 13.7 Å². The van der Waals surface area contributed by atoms with Gasteiger partial charge in [-0.1, -0.05) is 33.8 Å². The van der Waals surface area contributed by atoms with Gasteiger partial charge in [-0.2, -0.15) is 0 Å². The highest BCUT2D eigenvalue weighted by Gasteiger charge is 2.14. The minimum atomic E-state index is 0.521. The van der Waals surface area contributed by atoms with Gasteiger partial charge >= 0.3 is 0 Å². The second kappa shape index (κ2) is 6.65. The molecule has 0 amide bonds. The van der Waals surface area contributed by atoms with Gasteiger partial charge in [-0.15, -0.1) is 0 Å². The summed E-state index contributed by atoms with van der Waals surface area (Å²) in [6.45, 7) is 10.5. The SMILES string of the molecule is CC.COc1cc2c(cc1C(C)C)CNCC2. The maximum atomic E-state index is 5.45. The highest BCUT2D eigenvalue weighted by molar-refractivity contribution is 5.45. The van der Waals surface area contributed by atoms with Crippen LogP contribution in [0.2, 0.25) is 0 Å². The molecule has 96 valence electrons. The zero-order valence-corrected chi connectivity index (χ0v) is 11.8. The molecule has 17 heavy (non-hydrogen) atoms. The van der Waals surface area contributed by atoms with E-state index in [-0.39, 0.29) is 0 Å². The molecule has 2 heteroatoms. The fraction of sp³-hybridized carbons (Fsp3) is 0.600. The molecule has 1 aromatic rings. The van der Waals surface area contributed by atoms with Crippen LogP contribution in [0.1, 0.15) is 50.3 Å². The van der Waals surface area contributed by atoms with E-state index in [4.69, 9.17) is 4.74 Å². The molecule has 1 N–H and O–H groups in total. The third-order valence-electron chi connectivity index (χ3n) is 3.06. The first-order valence-corrected chi connectivity index (χ1v) is 6.62. The van der Waals surface area contributed by atoms with Crippen molar-refractivity contribution in [3.63, 3.8) is 0 Å². The van der Waals surface area contributed by atoms with Crippen molar-refractivity contribution in [2.24, 2.45) is 0 Å². The number of fused-ring (bicyclic) bond motifs is 1. The molecule has 2 rings (SSSR count). The molecule has 0 saturated heterocycles. The smallest absolute Gasteiger partial charge is 0.122 e. The average Bonchev–Trinajstić information content (AvgIpc) is 2.39. The normalized spacial score (nSPS) is 13.8. The Morgan fingerprint density at radius 1 is 1.18 bits per heavy atom. The Bertz CT molecular complexity index is 358. The van der Waals surface area contributed by atoms with Crippen molar-refractivity contribution < 1.29 is 4.74 Å². The fourth-order valence-electron chi connectivity index (χ4n) is 2.16. The first-order valence-electron chi connectivity index (χ1n) is 6.62. The fourth-order valence-corrected chi connectivity index (χ4v) is 2.16. The molecule has 0 bridgehead atoms. The Morgan fingerprint density at radius 3 is 2.47 bits per heavy atom. The van der Waals surface area contributed by atoms with Crippen LogP contribution in [0.25, 0.3) is 0 Å². The second-order valence-electron chi connectivity index (χ2n) is 4.44. The molecule has 0 fully saturated rings. The quantitative estimate of drug-likeness (QED) is 0.847. The van der Waals surface area contributed by atoms with E-state index in [2.05, 4.69) is 31.3 Å². The van der Waals surface area contributed by atoms with E-state index in [0.717, 1.165) is 25.3 Å². The van der Waals surface area contributed by atoms with Crippen molar-refractivity contribution in [3.05, 3.63) is 28.8 Å². The van der Waals surface area contributed by atoms with E-state index in [9.17, 15) is 0 Å². The van der Waals surface area contributed by atoms with E-state index in [1.807, 2.05) is 13.8 Å². The summed E-state index contributed by atoms with van der Waals surface area (Å²) in [5.74, 6) is 1.57. The number of rotatable bonds is 2. The Morgan fingerprint density at radius 2 is 1.88 bits per heavy atom. The van der Waals surface area contributed by atoms with E-state index in [1.54, 1.807) is 7.11 Å². The molecule has 1 aromatic carbocycles. The van der Waals surface area contributed by atoms with Gasteiger partial charge in [0.15, 0.2) is 0 Å². The van der Waals surface area contributed by atoms with Gasteiger partial charge in [0.2, 0.25) is 0 Å². The second-order valence-corrected chi connectivity index (χ2v) is 4.44.